The molecule has 15 heavy (non-hydrogen) atoms. The van der Waals surface area contributed by atoms with Crippen LogP contribution in [0.4, 0.5) is 0 Å². The van der Waals surface area contributed by atoms with Gasteiger partial charge in [-0.05, 0) is 24.0 Å². The highest BCUT2D eigenvalue weighted by Gasteiger charge is 2.23. The Morgan fingerprint density at radius 2 is 2.13 bits per heavy atom. The number of hydroxylamine groups is 2. The number of rotatable bonds is 2. The van der Waals surface area contributed by atoms with E-state index < -0.39 is 0 Å². The Morgan fingerprint density at radius 3 is 2.87 bits per heavy atom. The molecule has 0 radical (unpaired) electrons. The van der Waals surface area contributed by atoms with Crippen LogP contribution in [0, 0.1) is 0 Å². The summed E-state index contributed by atoms with van der Waals surface area (Å²) in [5, 5.41) is 2.12. The van der Waals surface area contributed by atoms with Crippen molar-refractivity contribution in [3.8, 4) is 0 Å². The van der Waals surface area contributed by atoms with Crippen LogP contribution in [-0.4, -0.2) is 18.2 Å². The minimum absolute atomic E-state index is 0.425. The molecule has 2 rings (SSSR count). The van der Waals surface area contributed by atoms with Crippen LogP contribution in [0.15, 0.2) is 24.3 Å². The lowest BCUT2D eigenvalue weighted by atomic mass is 9.97. The van der Waals surface area contributed by atoms with E-state index in [0.717, 1.165) is 26.0 Å². The van der Waals surface area contributed by atoms with Gasteiger partial charge in [0.25, 0.3) is 0 Å². The summed E-state index contributed by atoms with van der Waals surface area (Å²) < 4.78 is 0. The van der Waals surface area contributed by atoms with Crippen molar-refractivity contribution < 1.29 is 4.84 Å². The fourth-order valence-electron chi connectivity index (χ4n) is 2.34. The third kappa shape index (κ3) is 2.06. The summed E-state index contributed by atoms with van der Waals surface area (Å²) in [6, 6.07) is 9.13. The minimum atomic E-state index is 0.425. The van der Waals surface area contributed by atoms with Gasteiger partial charge in [-0.3, -0.25) is 4.84 Å². The summed E-state index contributed by atoms with van der Waals surface area (Å²) in [5.74, 6) is 0. The molecule has 0 aliphatic carbocycles. The fourth-order valence-corrected chi connectivity index (χ4v) is 2.34. The predicted octanol–water partition coefficient (Wildman–Crippen LogP) is 2.95. The Bertz CT molecular complexity index is 324. The second-order valence-electron chi connectivity index (χ2n) is 3.94. The lowest BCUT2D eigenvalue weighted by Gasteiger charge is -2.27. The second-order valence-corrected chi connectivity index (χ2v) is 3.94. The maximum absolute atomic E-state index is 5.77. The van der Waals surface area contributed by atoms with Crippen molar-refractivity contribution in [2.24, 2.45) is 0 Å². The molecule has 0 bridgehead atoms. The van der Waals surface area contributed by atoms with Crippen molar-refractivity contribution in [2.75, 3.05) is 13.2 Å². The first-order chi connectivity index (χ1) is 7.36. The van der Waals surface area contributed by atoms with Crippen molar-refractivity contribution in [2.45, 2.75) is 32.7 Å². The van der Waals surface area contributed by atoms with E-state index in [4.69, 9.17) is 4.84 Å². The Balaban J connectivity index is 2.36. The third-order valence-electron chi connectivity index (χ3n) is 3.09. The highest BCUT2D eigenvalue weighted by atomic mass is 16.7. The Hall–Kier alpha value is -0.860. The number of benzene rings is 1. The number of hydrogen-bond donors (Lipinski definition) is 0. The molecule has 0 fully saturated rings. The average molecular weight is 205 g/mol. The summed E-state index contributed by atoms with van der Waals surface area (Å²) in [6.07, 6.45) is 2.13. The number of nitrogens with zero attached hydrogens (tertiary/aromatic N) is 1. The average Bonchev–Trinajstić information content (AvgIpc) is 2.47. The zero-order chi connectivity index (χ0) is 10.7. The highest BCUT2D eigenvalue weighted by molar-refractivity contribution is 5.30. The summed E-state index contributed by atoms with van der Waals surface area (Å²) in [6.45, 7) is 6.13. The van der Waals surface area contributed by atoms with Gasteiger partial charge in [-0.1, -0.05) is 38.1 Å². The van der Waals surface area contributed by atoms with Crippen molar-refractivity contribution in [1.82, 2.24) is 5.06 Å². The van der Waals surface area contributed by atoms with Gasteiger partial charge in [-0.2, -0.15) is 5.06 Å². The Morgan fingerprint density at radius 1 is 1.33 bits per heavy atom. The lowest BCUT2D eigenvalue weighted by Crippen LogP contribution is -2.27. The van der Waals surface area contributed by atoms with E-state index in [0.29, 0.717) is 6.04 Å². The van der Waals surface area contributed by atoms with Gasteiger partial charge in [0.15, 0.2) is 0 Å². The summed E-state index contributed by atoms with van der Waals surface area (Å²) in [7, 11) is 0. The van der Waals surface area contributed by atoms with E-state index >= 15 is 0 Å². The van der Waals surface area contributed by atoms with Crippen LogP contribution in [-0.2, 0) is 11.3 Å². The number of fused-ring (bicyclic) bond motifs is 1. The van der Waals surface area contributed by atoms with Gasteiger partial charge >= 0.3 is 0 Å². The topological polar surface area (TPSA) is 12.5 Å². The fraction of sp³-hybridized carbons (Fsp3) is 0.538. The van der Waals surface area contributed by atoms with E-state index in [9.17, 15) is 0 Å². The van der Waals surface area contributed by atoms with Crippen molar-refractivity contribution in [1.29, 1.82) is 0 Å². The van der Waals surface area contributed by atoms with Crippen molar-refractivity contribution >= 4 is 0 Å². The maximum atomic E-state index is 5.77. The molecule has 0 saturated carbocycles. The summed E-state index contributed by atoms with van der Waals surface area (Å²) >= 11 is 0. The van der Waals surface area contributed by atoms with Crippen LogP contribution >= 0.6 is 0 Å². The van der Waals surface area contributed by atoms with Crippen molar-refractivity contribution in [3.05, 3.63) is 35.4 Å². The molecule has 1 aromatic carbocycles. The van der Waals surface area contributed by atoms with Gasteiger partial charge < -0.3 is 0 Å². The van der Waals surface area contributed by atoms with E-state index in [1.54, 1.807) is 0 Å². The molecule has 0 amide bonds. The first kappa shape index (κ1) is 10.7. The molecule has 0 saturated heterocycles. The molecule has 1 unspecified atom stereocenters. The molecule has 1 aliphatic rings. The molecule has 1 aromatic rings. The molecule has 0 spiro atoms. The minimum Gasteiger partial charge on any atom is -0.298 e. The molecule has 0 aromatic heterocycles. The zero-order valence-corrected chi connectivity index (χ0v) is 9.57. The third-order valence-corrected chi connectivity index (χ3v) is 3.09. The van der Waals surface area contributed by atoms with Crippen LogP contribution in [0.3, 0.4) is 0 Å². The first-order valence-corrected chi connectivity index (χ1v) is 5.84. The van der Waals surface area contributed by atoms with Crippen LogP contribution < -0.4 is 0 Å². The Kier molecular flexibility index (Phi) is 3.39. The van der Waals surface area contributed by atoms with Gasteiger partial charge in [0.1, 0.15) is 0 Å². The van der Waals surface area contributed by atoms with E-state index in [1.807, 2.05) is 0 Å². The molecule has 82 valence electrons. The molecular formula is C13H19NO. The van der Waals surface area contributed by atoms with E-state index in [2.05, 4.69) is 43.2 Å². The standard InChI is InChI=1S/C13H19NO/c1-3-13-12-8-6-5-7-11(12)9-10-15-14(13)4-2/h5-8,13H,3-4,9-10H2,1-2H3. The Labute approximate surface area is 91.8 Å². The molecule has 1 aliphatic heterocycles. The van der Waals surface area contributed by atoms with Gasteiger partial charge in [0, 0.05) is 6.54 Å². The van der Waals surface area contributed by atoms with E-state index in [-0.39, 0.29) is 0 Å². The predicted molar refractivity (Wildman–Crippen MR) is 61.5 cm³/mol. The van der Waals surface area contributed by atoms with Crippen LogP contribution in [0.5, 0.6) is 0 Å². The molecule has 2 heteroatoms. The van der Waals surface area contributed by atoms with E-state index in [1.165, 1.54) is 11.1 Å². The van der Waals surface area contributed by atoms with Crippen LogP contribution in [0.1, 0.15) is 37.4 Å². The molecule has 0 N–H and O–H groups in total. The van der Waals surface area contributed by atoms with Crippen LogP contribution in [0.25, 0.3) is 0 Å². The molecule has 2 nitrogen and oxygen atoms in total. The lowest BCUT2D eigenvalue weighted by molar-refractivity contribution is -0.181. The highest BCUT2D eigenvalue weighted by Crippen LogP contribution is 2.29. The zero-order valence-electron chi connectivity index (χ0n) is 9.57. The van der Waals surface area contributed by atoms with Crippen LogP contribution in [0.2, 0.25) is 0 Å². The monoisotopic (exact) mass is 205 g/mol. The smallest absolute Gasteiger partial charge is 0.0725 e. The molecule has 1 atom stereocenters. The first-order valence-electron chi connectivity index (χ1n) is 5.84. The number of hydrogen-bond acceptors (Lipinski definition) is 2. The molecular weight excluding hydrogens is 186 g/mol. The summed E-state index contributed by atoms with van der Waals surface area (Å²) in [5.41, 5.74) is 2.89. The second kappa shape index (κ2) is 4.77. The SMILES string of the molecule is CCC1c2ccccc2CCON1CC. The normalized spacial score (nSPS) is 22.1. The van der Waals surface area contributed by atoms with Gasteiger partial charge in [-0.25, -0.2) is 0 Å². The van der Waals surface area contributed by atoms with Gasteiger partial charge in [-0.15, -0.1) is 0 Å². The summed E-state index contributed by atoms with van der Waals surface area (Å²) in [4.78, 5) is 5.77. The maximum Gasteiger partial charge on any atom is 0.0725 e. The van der Waals surface area contributed by atoms with Gasteiger partial charge in [0.2, 0.25) is 0 Å². The largest absolute Gasteiger partial charge is 0.298 e. The quantitative estimate of drug-likeness (QED) is 0.736. The van der Waals surface area contributed by atoms with Gasteiger partial charge in [0.05, 0.1) is 12.6 Å². The van der Waals surface area contributed by atoms with Crippen molar-refractivity contribution in [3.63, 3.8) is 0 Å². The molecule has 1 heterocycles.